The van der Waals surface area contributed by atoms with Crippen LogP contribution < -0.4 is 15.1 Å². The fourth-order valence-electron chi connectivity index (χ4n) is 3.58. The maximum Gasteiger partial charge on any atom is 0.244 e. The predicted octanol–water partition coefficient (Wildman–Crippen LogP) is 3.64. The van der Waals surface area contributed by atoms with E-state index in [0.717, 1.165) is 35.7 Å². The Kier molecular flexibility index (Phi) is 6.88. The van der Waals surface area contributed by atoms with Crippen molar-refractivity contribution in [2.24, 2.45) is 0 Å². The van der Waals surface area contributed by atoms with Crippen LogP contribution in [0.1, 0.15) is 32.3 Å². The molecule has 1 aliphatic heterocycles. The van der Waals surface area contributed by atoms with Gasteiger partial charge >= 0.3 is 0 Å². The number of benzene rings is 2. The van der Waals surface area contributed by atoms with Crippen LogP contribution in [-0.2, 0) is 14.3 Å². The average Bonchev–Trinajstić information content (AvgIpc) is 2.73. The minimum atomic E-state index is -0.223. The second-order valence-corrected chi connectivity index (χ2v) is 7.48. The Morgan fingerprint density at radius 1 is 1.07 bits per heavy atom. The van der Waals surface area contributed by atoms with Crippen LogP contribution in [0.15, 0.2) is 48.5 Å². The Labute approximate surface area is 172 Å². The molecule has 1 heterocycles. The van der Waals surface area contributed by atoms with Crippen molar-refractivity contribution in [3.05, 3.63) is 54.1 Å². The van der Waals surface area contributed by atoms with Crippen molar-refractivity contribution < 1.29 is 14.3 Å². The van der Waals surface area contributed by atoms with Gasteiger partial charge in [0.05, 0.1) is 24.6 Å². The number of hydrogen-bond donors (Lipinski definition) is 1. The van der Waals surface area contributed by atoms with Gasteiger partial charge in [-0.2, -0.15) is 0 Å². The number of morpholine rings is 1. The van der Waals surface area contributed by atoms with E-state index < -0.39 is 0 Å². The highest BCUT2D eigenvalue weighted by atomic mass is 16.5. The number of carbonyl (C=O) groups excluding carboxylic acids is 2. The summed E-state index contributed by atoms with van der Waals surface area (Å²) in [6.07, 6.45) is 0. The molecule has 0 aromatic heterocycles. The molecule has 29 heavy (non-hydrogen) atoms. The number of nitrogens with one attached hydrogen (secondary N) is 1. The zero-order valence-electron chi connectivity index (χ0n) is 17.4. The Balaban J connectivity index is 1.78. The SMILES string of the molecule is CC(=O)N(CC(=O)Nc1ccccc1N1CCOCC1)c1ccccc1C(C)C. The number of anilines is 3. The fourth-order valence-corrected chi connectivity index (χ4v) is 3.58. The average molecular weight is 396 g/mol. The van der Waals surface area contributed by atoms with Crippen molar-refractivity contribution in [2.45, 2.75) is 26.7 Å². The van der Waals surface area contributed by atoms with Crippen molar-refractivity contribution in [3.8, 4) is 0 Å². The summed E-state index contributed by atoms with van der Waals surface area (Å²) >= 11 is 0. The van der Waals surface area contributed by atoms with Crippen molar-refractivity contribution >= 4 is 28.9 Å². The molecule has 2 aromatic carbocycles. The van der Waals surface area contributed by atoms with E-state index in [-0.39, 0.29) is 24.3 Å². The van der Waals surface area contributed by atoms with Gasteiger partial charge in [0.15, 0.2) is 0 Å². The second kappa shape index (κ2) is 9.56. The van der Waals surface area contributed by atoms with Crippen LogP contribution in [0.4, 0.5) is 17.1 Å². The van der Waals surface area contributed by atoms with Crippen LogP contribution in [0, 0.1) is 0 Å². The molecule has 0 saturated carbocycles. The number of ether oxygens (including phenoxy) is 1. The van der Waals surface area contributed by atoms with Gasteiger partial charge in [-0.05, 0) is 29.7 Å². The van der Waals surface area contributed by atoms with E-state index in [0.29, 0.717) is 13.2 Å². The van der Waals surface area contributed by atoms with Crippen LogP contribution in [-0.4, -0.2) is 44.7 Å². The van der Waals surface area contributed by atoms with Crippen LogP contribution >= 0.6 is 0 Å². The molecule has 0 spiro atoms. The summed E-state index contributed by atoms with van der Waals surface area (Å²) in [7, 11) is 0. The maximum atomic E-state index is 12.9. The molecule has 6 nitrogen and oxygen atoms in total. The van der Waals surface area contributed by atoms with Crippen molar-refractivity contribution in [2.75, 3.05) is 48.0 Å². The number of amides is 2. The number of nitrogens with zero attached hydrogens (tertiary/aromatic N) is 2. The van der Waals surface area contributed by atoms with E-state index in [4.69, 9.17) is 4.74 Å². The second-order valence-electron chi connectivity index (χ2n) is 7.48. The molecule has 6 heteroatoms. The molecule has 1 saturated heterocycles. The highest BCUT2D eigenvalue weighted by molar-refractivity contribution is 6.03. The van der Waals surface area contributed by atoms with E-state index >= 15 is 0 Å². The van der Waals surface area contributed by atoms with Gasteiger partial charge in [0.1, 0.15) is 6.54 Å². The van der Waals surface area contributed by atoms with E-state index in [1.807, 2.05) is 48.5 Å². The number of para-hydroxylation sites is 3. The Bertz CT molecular complexity index is 860. The van der Waals surface area contributed by atoms with Gasteiger partial charge in [-0.3, -0.25) is 9.59 Å². The van der Waals surface area contributed by atoms with E-state index in [1.54, 1.807) is 4.90 Å². The molecule has 2 aromatic rings. The standard InChI is InChI=1S/C23H29N3O3/c1-17(2)19-8-4-6-10-21(19)26(18(3)27)16-23(28)24-20-9-5-7-11-22(20)25-12-14-29-15-13-25/h4-11,17H,12-16H2,1-3H3,(H,24,28). The monoisotopic (exact) mass is 395 g/mol. The topological polar surface area (TPSA) is 61.9 Å². The van der Waals surface area contributed by atoms with Crippen molar-refractivity contribution in [1.29, 1.82) is 0 Å². The highest BCUT2D eigenvalue weighted by Gasteiger charge is 2.21. The molecular weight excluding hydrogens is 366 g/mol. The number of carbonyl (C=O) groups is 2. The first-order valence-electron chi connectivity index (χ1n) is 10.1. The molecule has 154 valence electrons. The Morgan fingerprint density at radius 3 is 2.41 bits per heavy atom. The molecule has 0 aliphatic carbocycles. The molecule has 1 fully saturated rings. The third kappa shape index (κ3) is 5.15. The summed E-state index contributed by atoms with van der Waals surface area (Å²) in [5.41, 5.74) is 3.55. The van der Waals surface area contributed by atoms with Crippen LogP contribution in [0.3, 0.4) is 0 Å². The molecular formula is C23H29N3O3. The Hall–Kier alpha value is -2.86. The smallest absolute Gasteiger partial charge is 0.244 e. The predicted molar refractivity (Wildman–Crippen MR) is 117 cm³/mol. The van der Waals surface area contributed by atoms with E-state index in [9.17, 15) is 9.59 Å². The summed E-state index contributed by atoms with van der Waals surface area (Å²) < 4.78 is 5.43. The number of rotatable bonds is 6. The summed E-state index contributed by atoms with van der Waals surface area (Å²) in [5.74, 6) is -0.132. The molecule has 0 bridgehead atoms. The van der Waals surface area contributed by atoms with Gasteiger partial charge < -0.3 is 19.9 Å². The lowest BCUT2D eigenvalue weighted by Crippen LogP contribution is -2.39. The molecule has 2 amide bonds. The summed E-state index contributed by atoms with van der Waals surface area (Å²) in [5, 5.41) is 3.00. The molecule has 3 rings (SSSR count). The molecule has 0 unspecified atom stereocenters. The first-order valence-corrected chi connectivity index (χ1v) is 10.1. The maximum absolute atomic E-state index is 12.9. The third-order valence-electron chi connectivity index (χ3n) is 5.06. The minimum absolute atomic E-state index is 0.0312. The minimum Gasteiger partial charge on any atom is -0.378 e. The van der Waals surface area contributed by atoms with Gasteiger partial charge in [0, 0.05) is 25.7 Å². The summed E-state index contributed by atoms with van der Waals surface area (Å²) in [6.45, 7) is 8.54. The van der Waals surface area contributed by atoms with Gasteiger partial charge in [0.2, 0.25) is 11.8 Å². The normalized spacial score (nSPS) is 14.0. The Morgan fingerprint density at radius 2 is 1.72 bits per heavy atom. The lowest BCUT2D eigenvalue weighted by atomic mass is 10.0. The molecule has 1 N–H and O–H groups in total. The zero-order chi connectivity index (χ0) is 20.8. The highest BCUT2D eigenvalue weighted by Crippen LogP contribution is 2.29. The molecule has 0 atom stereocenters. The van der Waals surface area contributed by atoms with Crippen LogP contribution in [0.5, 0.6) is 0 Å². The van der Waals surface area contributed by atoms with E-state index in [2.05, 4.69) is 24.1 Å². The lowest BCUT2D eigenvalue weighted by Gasteiger charge is -2.31. The molecule has 1 aliphatic rings. The quantitative estimate of drug-likeness (QED) is 0.811. The van der Waals surface area contributed by atoms with Gasteiger partial charge in [0.25, 0.3) is 0 Å². The first-order chi connectivity index (χ1) is 14.0. The summed E-state index contributed by atoms with van der Waals surface area (Å²) in [6, 6.07) is 15.5. The van der Waals surface area contributed by atoms with Crippen molar-refractivity contribution in [1.82, 2.24) is 0 Å². The summed E-state index contributed by atoms with van der Waals surface area (Å²) in [4.78, 5) is 29.0. The zero-order valence-corrected chi connectivity index (χ0v) is 17.4. The largest absolute Gasteiger partial charge is 0.378 e. The number of hydrogen-bond acceptors (Lipinski definition) is 4. The van der Waals surface area contributed by atoms with Gasteiger partial charge in [-0.25, -0.2) is 0 Å². The van der Waals surface area contributed by atoms with E-state index in [1.165, 1.54) is 6.92 Å². The third-order valence-corrected chi connectivity index (χ3v) is 5.06. The first kappa shape index (κ1) is 20.9. The fraction of sp³-hybridized carbons (Fsp3) is 0.391. The van der Waals surface area contributed by atoms with Gasteiger partial charge in [-0.1, -0.05) is 44.2 Å². The van der Waals surface area contributed by atoms with Crippen LogP contribution in [0.25, 0.3) is 0 Å². The van der Waals surface area contributed by atoms with Gasteiger partial charge in [-0.15, -0.1) is 0 Å². The lowest BCUT2D eigenvalue weighted by molar-refractivity contribution is -0.120. The van der Waals surface area contributed by atoms with Crippen LogP contribution in [0.2, 0.25) is 0 Å². The van der Waals surface area contributed by atoms with Crippen molar-refractivity contribution in [3.63, 3.8) is 0 Å². The molecule has 0 radical (unpaired) electrons.